The monoisotopic (exact) mass is 336 g/mol. The molecule has 100 valence electrons. The minimum atomic E-state index is -1.08. The Morgan fingerprint density at radius 2 is 1.16 bits per heavy atom. The van der Waals surface area contributed by atoms with Gasteiger partial charge in [0.15, 0.2) is 0 Å². The van der Waals surface area contributed by atoms with E-state index in [1.54, 1.807) is 30.3 Å². The average molecular weight is 336 g/mol. The van der Waals surface area contributed by atoms with Crippen molar-refractivity contribution in [3.63, 3.8) is 0 Å². The van der Waals surface area contributed by atoms with Gasteiger partial charge >= 0.3 is 17.9 Å². The summed E-state index contributed by atoms with van der Waals surface area (Å²) in [7, 11) is 0. The van der Waals surface area contributed by atoms with E-state index in [1.807, 2.05) is 0 Å². The quantitative estimate of drug-likeness (QED) is 0.715. The van der Waals surface area contributed by atoms with Crippen molar-refractivity contribution in [1.82, 2.24) is 0 Å². The van der Waals surface area contributed by atoms with Crippen LogP contribution >= 0.6 is 0 Å². The molecule has 19 heavy (non-hydrogen) atoms. The molecule has 0 fully saturated rings. The summed E-state index contributed by atoms with van der Waals surface area (Å²) >= 11 is 0. The Morgan fingerprint density at radius 1 is 0.789 bits per heavy atom. The number of carbonyl (C=O) groups is 3. The van der Waals surface area contributed by atoms with Gasteiger partial charge in [0.05, 0.1) is 18.4 Å². The zero-order valence-corrected chi connectivity index (χ0v) is 13.0. The molecule has 6 nitrogen and oxygen atoms in total. The molecule has 1 aromatic carbocycles. The van der Waals surface area contributed by atoms with Gasteiger partial charge in [-0.1, -0.05) is 18.2 Å². The standard InChI is InChI=1S/C7H6O2.C4H6O4.2Ti/c8-7(9)6-4-2-1-3-5-6;5-3(6)1-2-4(7)8;;/h1-5H,(H,8,9);1-2H2,(H,5,6)(H,7,8);;. The Labute approximate surface area is 139 Å². The summed E-state index contributed by atoms with van der Waals surface area (Å²) in [6.07, 6.45) is -0.593. The van der Waals surface area contributed by atoms with Crippen molar-refractivity contribution in [3.05, 3.63) is 35.9 Å². The van der Waals surface area contributed by atoms with Crippen LogP contribution in [-0.4, -0.2) is 33.2 Å². The van der Waals surface area contributed by atoms with Crippen molar-refractivity contribution >= 4 is 17.9 Å². The molecule has 0 spiro atoms. The van der Waals surface area contributed by atoms with Gasteiger partial charge in [-0.3, -0.25) is 9.59 Å². The van der Waals surface area contributed by atoms with Crippen molar-refractivity contribution in [3.8, 4) is 0 Å². The molecule has 0 unspecified atom stereocenters. The van der Waals surface area contributed by atoms with E-state index in [0.29, 0.717) is 5.56 Å². The minimum Gasteiger partial charge on any atom is -0.481 e. The SMILES string of the molecule is O=C(O)CCC(=O)O.O=C(O)c1ccccc1.[Ti].[Ti]. The molecule has 0 aromatic heterocycles. The number of hydrogen-bond donors (Lipinski definition) is 3. The maximum absolute atomic E-state index is 10.2. The number of aromatic carboxylic acids is 1. The van der Waals surface area contributed by atoms with Crippen LogP contribution in [0.15, 0.2) is 30.3 Å². The van der Waals surface area contributed by atoms with E-state index in [4.69, 9.17) is 15.3 Å². The number of hydrogen-bond acceptors (Lipinski definition) is 3. The van der Waals surface area contributed by atoms with E-state index >= 15 is 0 Å². The topological polar surface area (TPSA) is 112 Å². The fourth-order valence-corrected chi connectivity index (χ4v) is 0.795. The molecule has 0 aliphatic carbocycles. The van der Waals surface area contributed by atoms with Gasteiger partial charge in [-0.05, 0) is 12.1 Å². The molecule has 0 heterocycles. The van der Waals surface area contributed by atoms with Gasteiger partial charge in [0, 0.05) is 43.4 Å². The maximum Gasteiger partial charge on any atom is 0.335 e. The van der Waals surface area contributed by atoms with Crippen LogP contribution < -0.4 is 0 Å². The number of rotatable bonds is 4. The summed E-state index contributed by atoms with van der Waals surface area (Å²) in [5, 5.41) is 24.2. The van der Waals surface area contributed by atoms with Crippen molar-refractivity contribution in [2.45, 2.75) is 12.8 Å². The molecule has 0 radical (unpaired) electrons. The molecule has 0 aliphatic heterocycles. The third-order valence-corrected chi connectivity index (χ3v) is 1.57. The zero-order valence-electron chi connectivity index (χ0n) is 9.87. The Kier molecular flexibility index (Phi) is 16.5. The predicted molar refractivity (Wildman–Crippen MR) is 57.9 cm³/mol. The first-order valence-electron chi connectivity index (χ1n) is 4.65. The zero-order chi connectivity index (χ0) is 13.3. The first-order chi connectivity index (χ1) is 7.93. The van der Waals surface area contributed by atoms with Crippen LogP contribution in [0.3, 0.4) is 0 Å². The fraction of sp³-hybridized carbons (Fsp3) is 0.182. The van der Waals surface area contributed by atoms with Crippen molar-refractivity contribution in [1.29, 1.82) is 0 Å². The van der Waals surface area contributed by atoms with Crippen LogP contribution in [-0.2, 0) is 53.0 Å². The Bertz CT molecular complexity index is 379. The Morgan fingerprint density at radius 3 is 1.37 bits per heavy atom. The third-order valence-electron chi connectivity index (χ3n) is 1.57. The van der Waals surface area contributed by atoms with Gasteiger partial charge in [0.2, 0.25) is 0 Å². The van der Waals surface area contributed by atoms with Gasteiger partial charge in [0.25, 0.3) is 0 Å². The molecule has 0 bridgehead atoms. The summed E-state index contributed by atoms with van der Waals surface area (Å²) in [4.78, 5) is 29.5. The first kappa shape index (κ1) is 23.2. The normalized spacial score (nSPS) is 7.79. The Balaban J connectivity index is -0.000000246. The van der Waals surface area contributed by atoms with Crippen LogP contribution in [0.5, 0.6) is 0 Å². The summed E-state index contributed by atoms with van der Waals surface area (Å²) in [5.41, 5.74) is 0.331. The molecule has 0 saturated carbocycles. The Hall–Kier alpha value is -0.941. The number of benzene rings is 1. The van der Waals surface area contributed by atoms with Gasteiger partial charge in [-0.25, -0.2) is 4.79 Å². The van der Waals surface area contributed by atoms with Crippen molar-refractivity contribution in [2.75, 3.05) is 0 Å². The fourth-order valence-electron chi connectivity index (χ4n) is 0.795. The van der Waals surface area contributed by atoms with Crippen molar-refractivity contribution in [2.24, 2.45) is 0 Å². The smallest absolute Gasteiger partial charge is 0.335 e. The molecule has 8 heteroatoms. The largest absolute Gasteiger partial charge is 0.481 e. The van der Waals surface area contributed by atoms with E-state index in [0.717, 1.165) is 0 Å². The number of carboxylic acids is 3. The molecule has 1 rings (SSSR count). The van der Waals surface area contributed by atoms with E-state index in [2.05, 4.69) is 0 Å². The molecular formula is C11H12O6Ti2. The second-order valence-electron chi connectivity index (χ2n) is 2.96. The van der Waals surface area contributed by atoms with Gasteiger partial charge in [-0.2, -0.15) is 0 Å². The van der Waals surface area contributed by atoms with E-state index in [1.165, 1.54) is 0 Å². The van der Waals surface area contributed by atoms with Crippen molar-refractivity contribution < 1.29 is 73.1 Å². The van der Waals surface area contributed by atoms with Crippen LogP contribution in [0.1, 0.15) is 23.2 Å². The molecule has 3 N–H and O–H groups in total. The van der Waals surface area contributed by atoms with Gasteiger partial charge in [0.1, 0.15) is 0 Å². The van der Waals surface area contributed by atoms with Crippen LogP contribution in [0, 0.1) is 0 Å². The van der Waals surface area contributed by atoms with E-state index < -0.39 is 17.9 Å². The summed E-state index contributed by atoms with van der Waals surface area (Å²) in [6, 6.07) is 8.30. The van der Waals surface area contributed by atoms with Crippen LogP contribution in [0.4, 0.5) is 0 Å². The van der Waals surface area contributed by atoms with Gasteiger partial charge in [-0.15, -0.1) is 0 Å². The molecule has 0 atom stereocenters. The maximum atomic E-state index is 10.2. The molecule has 0 aliphatic rings. The number of aliphatic carboxylic acids is 2. The third kappa shape index (κ3) is 15.0. The van der Waals surface area contributed by atoms with E-state index in [-0.39, 0.29) is 56.3 Å². The summed E-state index contributed by atoms with van der Waals surface area (Å²) in [6.45, 7) is 0. The predicted octanol–water partition coefficient (Wildman–Crippen LogP) is 1.32. The first-order valence-corrected chi connectivity index (χ1v) is 4.65. The second kappa shape index (κ2) is 13.5. The van der Waals surface area contributed by atoms with Gasteiger partial charge < -0.3 is 15.3 Å². The van der Waals surface area contributed by atoms with Crippen LogP contribution in [0.2, 0.25) is 0 Å². The molecule has 1 aromatic rings. The number of carboxylic acid groups (broad SMARTS) is 3. The summed E-state index contributed by atoms with van der Waals surface area (Å²) < 4.78 is 0. The van der Waals surface area contributed by atoms with E-state index in [9.17, 15) is 14.4 Å². The molecule has 0 saturated heterocycles. The second-order valence-corrected chi connectivity index (χ2v) is 2.96. The summed E-state index contributed by atoms with van der Waals surface area (Å²) in [5.74, 6) is -3.03. The van der Waals surface area contributed by atoms with Crippen LogP contribution in [0.25, 0.3) is 0 Å². The molecular weight excluding hydrogens is 324 g/mol. The minimum absolute atomic E-state index is 0. The average Bonchev–Trinajstić information content (AvgIpc) is 2.28. The molecule has 0 amide bonds.